The molecule has 2 aromatic rings. The third-order valence-corrected chi connectivity index (χ3v) is 2.94. The van der Waals surface area contributed by atoms with Gasteiger partial charge in [-0.05, 0) is 30.9 Å². The van der Waals surface area contributed by atoms with Crippen molar-refractivity contribution in [3.05, 3.63) is 35.8 Å². The molecule has 0 saturated heterocycles. The van der Waals surface area contributed by atoms with Crippen LogP contribution >= 0.6 is 0 Å². The fourth-order valence-corrected chi connectivity index (χ4v) is 1.89. The molecule has 0 fully saturated rings. The summed E-state index contributed by atoms with van der Waals surface area (Å²) in [6.07, 6.45) is 1.90. The number of furan rings is 1. The number of nitrogens with two attached hydrogens (primary N) is 1. The van der Waals surface area contributed by atoms with Crippen molar-refractivity contribution >= 4 is 11.0 Å². The Morgan fingerprint density at radius 1 is 1.29 bits per heavy atom. The minimum Gasteiger partial charge on any atom is -0.456 e. The highest BCUT2D eigenvalue weighted by molar-refractivity contribution is 5.78. The van der Waals surface area contributed by atoms with Crippen LogP contribution in [0.25, 0.3) is 11.0 Å². The third-order valence-electron chi connectivity index (χ3n) is 2.94. The van der Waals surface area contributed by atoms with Gasteiger partial charge in [-0.1, -0.05) is 26.0 Å². The van der Waals surface area contributed by atoms with Gasteiger partial charge in [0.15, 0.2) is 11.4 Å². The zero-order valence-electron chi connectivity index (χ0n) is 10.2. The molecule has 3 heteroatoms. The van der Waals surface area contributed by atoms with Gasteiger partial charge in [0, 0.05) is 5.39 Å². The first-order valence-electron chi connectivity index (χ1n) is 6.01. The van der Waals surface area contributed by atoms with Crippen LogP contribution in [0, 0.1) is 11.7 Å². The summed E-state index contributed by atoms with van der Waals surface area (Å²) < 4.78 is 18.9. The lowest BCUT2D eigenvalue weighted by atomic mass is 10.0. The summed E-state index contributed by atoms with van der Waals surface area (Å²) in [5.74, 6) is 0.956. The van der Waals surface area contributed by atoms with Gasteiger partial charge in [-0.2, -0.15) is 0 Å². The Balaban J connectivity index is 2.21. The van der Waals surface area contributed by atoms with Crippen molar-refractivity contribution in [3.63, 3.8) is 0 Å². The van der Waals surface area contributed by atoms with E-state index in [1.54, 1.807) is 6.07 Å². The van der Waals surface area contributed by atoms with E-state index in [4.69, 9.17) is 10.2 Å². The summed E-state index contributed by atoms with van der Waals surface area (Å²) in [4.78, 5) is 0. The Morgan fingerprint density at radius 3 is 2.71 bits per heavy atom. The summed E-state index contributed by atoms with van der Waals surface area (Å²) in [6, 6.07) is 6.60. The molecule has 1 atom stereocenters. The molecule has 1 aromatic heterocycles. The van der Waals surface area contributed by atoms with Gasteiger partial charge < -0.3 is 10.2 Å². The van der Waals surface area contributed by atoms with Gasteiger partial charge in [0.2, 0.25) is 0 Å². The molecule has 0 amide bonds. The van der Waals surface area contributed by atoms with Crippen molar-refractivity contribution in [1.29, 1.82) is 0 Å². The van der Waals surface area contributed by atoms with Crippen LogP contribution in [0.4, 0.5) is 4.39 Å². The molecule has 1 aromatic carbocycles. The fourth-order valence-electron chi connectivity index (χ4n) is 1.89. The van der Waals surface area contributed by atoms with E-state index in [2.05, 4.69) is 13.8 Å². The van der Waals surface area contributed by atoms with Crippen LogP contribution in [0.2, 0.25) is 0 Å². The highest BCUT2D eigenvalue weighted by atomic mass is 19.1. The second-order valence-electron chi connectivity index (χ2n) is 4.88. The second kappa shape index (κ2) is 4.88. The molecule has 0 aliphatic heterocycles. The zero-order chi connectivity index (χ0) is 12.4. The SMILES string of the molecule is CC(C)CCC(N)c1cc2cccc(F)c2o1. The average molecular weight is 235 g/mol. The van der Waals surface area contributed by atoms with Crippen LogP contribution in [0.3, 0.4) is 0 Å². The summed E-state index contributed by atoms with van der Waals surface area (Å²) >= 11 is 0. The highest BCUT2D eigenvalue weighted by Crippen LogP contribution is 2.27. The number of hydrogen-bond acceptors (Lipinski definition) is 2. The number of rotatable bonds is 4. The van der Waals surface area contributed by atoms with Crippen molar-refractivity contribution in [1.82, 2.24) is 0 Å². The van der Waals surface area contributed by atoms with Crippen LogP contribution in [-0.4, -0.2) is 0 Å². The molecular weight excluding hydrogens is 217 g/mol. The van der Waals surface area contributed by atoms with Gasteiger partial charge in [0.05, 0.1) is 6.04 Å². The average Bonchev–Trinajstić information content (AvgIpc) is 2.71. The molecule has 1 unspecified atom stereocenters. The Labute approximate surface area is 101 Å². The maximum absolute atomic E-state index is 13.4. The number of benzene rings is 1. The standard InChI is InChI=1S/C14H18FNO/c1-9(2)6-7-12(16)13-8-10-4-3-5-11(15)14(10)17-13/h3-5,8-9,12H,6-7,16H2,1-2H3. The second-order valence-corrected chi connectivity index (χ2v) is 4.88. The van der Waals surface area contributed by atoms with Crippen molar-refractivity contribution < 1.29 is 8.81 Å². The first-order chi connectivity index (χ1) is 8.08. The summed E-state index contributed by atoms with van der Waals surface area (Å²) in [5, 5.41) is 0.778. The molecule has 2 rings (SSSR count). The van der Waals surface area contributed by atoms with Crippen LogP contribution in [0.5, 0.6) is 0 Å². The molecule has 0 radical (unpaired) electrons. The van der Waals surface area contributed by atoms with E-state index in [1.165, 1.54) is 6.07 Å². The van der Waals surface area contributed by atoms with Crippen molar-refractivity contribution in [2.24, 2.45) is 11.7 Å². The van der Waals surface area contributed by atoms with Gasteiger partial charge in [-0.15, -0.1) is 0 Å². The Hall–Kier alpha value is -1.35. The molecule has 2 nitrogen and oxygen atoms in total. The summed E-state index contributed by atoms with van der Waals surface area (Å²) in [5.41, 5.74) is 6.35. The summed E-state index contributed by atoms with van der Waals surface area (Å²) in [6.45, 7) is 4.32. The fraction of sp³-hybridized carbons (Fsp3) is 0.429. The molecule has 1 heterocycles. The third kappa shape index (κ3) is 2.67. The minimum absolute atomic E-state index is 0.149. The quantitative estimate of drug-likeness (QED) is 0.869. The minimum atomic E-state index is -0.329. The van der Waals surface area contributed by atoms with E-state index in [9.17, 15) is 4.39 Å². The first-order valence-corrected chi connectivity index (χ1v) is 6.01. The largest absolute Gasteiger partial charge is 0.456 e. The smallest absolute Gasteiger partial charge is 0.169 e. The van der Waals surface area contributed by atoms with Crippen molar-refractivity contribution in [3.8, 4) is 0 Å². The highest BCUT2D eigenvalue weighted by Gasteiger charge is 2.14. The lowest BCUT2D eigenvalue weighted by Gasteiger charge is -2.09. The van der Waals surface area contributed by atoms with Gasteiger partial charge in [-0.25, -0.2) is 4.39 Å². The molecular formula is C14H18FNO. The monoisotopic (exact) mass is 235 g/mol. The number of hydrogen-bond donors (Lipinski definition) is 1. The molecule has 0 bridgehead atoms. The topological polar surface area (TPSA) is 39.2 Å². The van der Waals surface area contributed by atoms with Crippen LogP contribution in [0.1, 0.15) is 38.5 Å². The lowest BCUT2D eigenvalue weighted by Crippen LogP contribution is -2.10. The first kappa shape index (κ1) is 12.1. The van der Waals surface area contributed by atoms with Gasteiger partial charge in [-0.3, -0.25) is 0 Å². The molecule has 0 aliphatic carbocycles. The molecule has 0 saturated carbocycles. The molecule has 0 spiro atoms. The van der Waals surface area contributed by atoms with Crippen LogP contribution in [0.15, 0.2) is 28.7 Å². The van der Waals surface area contributed by atoms with Gasteiger partial charge in [0.1, 0.15) is 5.76 Å². The summed E-state index contributed by atoms with van der Waals surface area (Å²) in [7, 11) is 0. The molecule has 2 N–H and O–H groups in total. The van der Waals surface area contributed by atoms with Crippen LogP contribution in [-0.2, 0) is 0 Å². The lowest BCUT2D eigenvalue weighted by molar-refractivity contribution is 0.434. The Bertz CT molecular complexity index is 504. The van der Waals surface area contributed by atoms with Gasteiger partial charge >= 0.3 is 0 Å². The Kier molecular flexibility index (Phi) is 3.48. The van der Waals surface area contributed by atoms with Crippen LogP contribution < -0.4 is 5.73 Å². The normalized spacial score (nSPS) is 13.5. The predicted molar refractivity (Wildman–Crippen MR) is 67.2 cm³/mol. The zero-order valence-corrected chi connectivity index (χ0v) is 10.2. The number of halogens is 1. The maximum Gasteiger partial charge on any atom is 0.169 e. The van der Waals surface area contributed by atoms with E-state index < -0.39 is 0 Å². The Morgan fingerprint density at radius 2 is 2.06 bits per heavy atom. The molecule has 92 valence electrons. The number of fused-ring (bicyclic) bond motifs is 1. The van der Waals surface area contributed by atoms with E-state index in [-0.39, 0.29) is 11.9 Å². The van der Waals surface area contributed by atoms with E-state index in [0.717, 1.165) is 18.2 Å². The van der Waals surface area contributed by atoms with E-state index >= 15 is 0 Å². The number of para-hydroxylation sites is 1. The van der Waals surface area contributed by atoms with Crippen molar-refractivity contribution in [2.75, 3.05) is 0 Å². The van der Waals surface area contributed by atoms with E-state index in [0.29, 0.717) is 17.3 Å². The van der Waals surface area contributed by atoms with E-state index in [1.807, 2.05) is 12.1 Å². The van der Waals surface area contributed by atoms with Gasteiger partial charge in [0.25, 0.3) is 0 Å². The molecule has 17 heavy (non-hydrogen) atoms. The van der Waals surface area contributed by atoms with Crippen molar-refractivity contribution in [2.45, 2.75) is 32.7 Å². The predicted octanol–water partition coefficient (Wildman–Crippen LogP) is 4.01. The maximum atomic E-state index is 13.4. The molecule has 0 aliphatic rings.